The molecule has 0 aliphatic carbocycles. The van der Waals surface area contributed by atoms with Crippen LogP contribution in [0.3, 0.4) is 0 Å². The smallest absolute Gasteiger partial charge is 0.0622 e. The molecule has 1 saturated heterocycles. The number of ether oxygens (including phenoxy) is 1. The first-order chi connectivity index (χ1) is 9.28. The van der Waals surface area contributed by atoms with Crippen LogP contribution in [0.15, 0.2) is 18.8 Å². The Morgan fingerprint density at radius 1 is 1.58 bits per heavy atom. The highest BCUT2D eigenvalue weighted by atomic mass is 16.5. The number of rotatable bonds is 3. The Balaban J connectivity index is 1.76. The van der Waals surface area contributed by atoms with Crippen molar-refractivity contribution in [1.82, 2.24) is 15.4 Å². The fourth-order valence-electron chi connectivity index (χ4n) is 2.78. The summed E-state index contributed by atoms with van der Waals surface area (Å²) in [6.07, 6.45) is 3.88. The van der Waals surface area contributed by atoms with Crippen LogP contribution < -0.4 is 5.48 Å². The summed E-state index contributed by atoms with van der Waals surface area (Å²) < 4.78 is 5.45. The molecule has 1 aromatic heterocycles. The zero-order valence-corrected chi connectivity index (χ0v) is 10.9. The molecule has 2 aliphatic heterocycles. The van der Waals surface area contributed by atoms with Crippen molar-refractivity contribution in [1.29, 1.82) is 0 Å². The molecule has 2 aliphatic rings. The molecule has 0 unspecified atom stereocenters. The minimum absolute atomic E-state index is 0.488. The van der Waals surface area contributed by atoms with Crippen LogP contribution in [0.1, 0.15) is 23.2 Å². The van der Waals surface area contributed by atoms with Crippen LogP contribution in [-0.2, 0) is 17.7 Å². The van der Waals surface area contributed by atoms with Gasteiger partial charge in [0.1, 0.15) is 0 Å². The predicted molar refractivity (Wildman–Crippen MR) is 71.5 cm³/mol. The van der Waals surface area contributed by atoms with Crippen LogP contribution in [0, 0.1) is 0 Å². The van der Waals surface area contributed by atoms with E-state index >= 15 is 0 Å². The highest BCUT2D eigenvalue weighted by Gasteiger charge is 2.27. The van der Waals surface area contributed by atoms with E-state index in [2.05, 4.69) is 28.0 Å². The molecular weight excluding hydrogens is 242 g/mol. The van der Waals surface area contributed by atoms with Crippen molar-refractivity contribution in [3.8, 4) is 0 Å². The molecule has 3 heterocycles. The van der Waals surface area contributed by atoms with Crippen LogP contribution in [0.4, 0.5) is 0 Å². The lowest BCUT2D eigenvalue weighted by Crippen LogP contribution is -2.40. The number of hydrogen-bond acceptors (Lipinski definition) is 5. The second-order valence-corrected chi connectivity index (χ2v) is 5.16. The van der Waals surface area contributed by atoms with Crippen molar-refractivity contribution in [2.45, 2.75) is 25.4 Å². The third kappa shape index (κ3) is 2.49. The lowest BCUT2D eigenvalue weighted by atomic mass is 10.0. The molecule has 0 aromatic carbocycles. The molecule has 0 amide bonds. The Morgan fingerprint density at radius 3 is 3.21 bits per heavy atom. The molecule has 102 valence electrons. The Kier molecular flexibility index (Phi) is 3.50. The lowest BCUT2D eigenvalue weighted by molar-refractivity contribution is 0.133. The van der Waals surface area contributed by atoms with Crippen molar-refractivity contribution < 1.29 is 9.94 Å². The Hall–Kier alpha value is -1.43. The Labute approximate surface area is 112 Å². The summed E-state index contributed by atoms with van der Waals surface area (Å²) in [5, 5.41) is 8.88. The molecule has 5 nitrogen and oxygen atoms in total. The summed E-state index contributed by atoms with van der Waals surface area (Å²) in [5.74, 6) is 0. The monoisotopic (exact) mass is 261 g/mol. The predicted octanol–water partition coefficient (Wildman–Crippen LogP) is 1.18. The third-order valence-electron chi connectivity index (χ3n) is 3.99. The van der Waals surface area contributed by atoms with E-state index < -0.39 is 0 Å². The van der Waals surface area contributed by atoms with Gasteiger partial charge < -0.3 is 4.74 Å². The topological polar surface area (TPSA) is 57.6 Å². The summed E-state index contributed by atoms with van der Waals surface area (Å²) in [6, 6.07) is 2.61. The van der Waals surface area contributed by atoms with Gasteiger partial charge in [-0.1, -0.05) is 6.58 Å². The second-order valence-electron chi connectivity index (χ2n) is 5.16. The minimum Gasteiger partial charge on any atom is -0.380 e. The van der Waals surface area contributed by atoms with Gasteiger partial charge in [-0.05, 0) is 24.5 Å². The number of pyridine rings is 1. The number of hydroxylamine groups is 1. The summed E-state index contributed by atoms with van der Waals surface area (Å²) in [4.78, 5) is 6.97. The molecular formula is C14H19N3O2. The van der Waals surface area contributed by atoms with Crippen molar-refractivity contribution in [2.24, 2.45) is 0 Å². The van der Waals surface area contributed by atoms with Crippen LogP contribution in [0.5, 0.6) is 0 Å². The van der Waals surface area contributed by atoms with E-state index in [1.165, 1.54) is 5.56 Å². The zero-order chi connectivity index (χ0) is 13.2. The fraction of sp³-hybridized carbons (Fsp3) is 0.500. The second kappa shape index (κ2) is 5.28. The number of fused-ring (bicyclic) bond motifs is 1. The normalized spacial score (nSPS) is 23.1. The van der Waals surface area contributed by atoms with Crippen LogP contribution >= 0.6 is 0 Å². The molecule has 1 fully saturated rings. The van der Waals surface area contributed by atoms with E-state index in [4.69, 9.17) is 9.94 Å². The highest BCUT2D eigenvalue weighted by Crippen LogP contribution is 2.24. The van der Waals surface area contributed by atoms with Crippen molar-refractivity contribution >= 4 is 5.70 Å². The number of hydrogen-bond donors (Lipinski definition) is 2. The van der Waals surface area contributed by atoms with E-state index in [-0.39, 0.29) is 0 Å². The van der Waals surface area contributed by atoms with E-state index in [9.17, 15) is 0 Å². The average Bonchev–Trinajstić information content (AvgIpc) is 2.99. The van der Waals surface area contributed by atoms with Crippen LogP contribution in [0.2, 0.25) is 0 Å². The van der Waals surface area contributed by atoms with Gasteiger partial charge in [-0.15, -0.1) is 0 Å². The third-order valence-corrected chi connectivity index (χ3v) is 3.99. The van der Waals surface area contributed by atoms with Crippen molar-refractivity contribution in [3.05, 3.63) is 35.7 Å². The standard InChI is InChI=1S/C14H19N3O2/c1-10(16-18)12-6-11-2-4-17(8-14(11)15-7-12)13-3-5-19-9-13/h6-7,13,16,18H,1-5,8-9H2/t13-/m0/s1. The van der Waals surface area contributed by atoms with Crippen LogP contribution in [-0.4, -0.2) is 40.9 Å². The van der Waals surface area contributed by atoms with Crippen molar-refractivity contribution in [2.75, 3.05) is 19.8 Å². The van der Waals surface area contributed by atoms with Crippen LogP contribution in [0.25, 0.3) is 5.70 Å². The van der Waals surface area contributed by atoms with Gasteiger partial charge in [-0.2, -0.15) is 0 Å². The maximum atomic E-state index is 8.88. The number of nitrogens with zero attached hydrogens (tertiary/aromatic N) is 2. The van der Waals surface area contributed by atoms with Gasteiger partial charge in [-0.25, -0.2) is 0 Å². The number of nitrogens with one attached hydrogen (secondary N) is 1. The summed E-state index contributed by atoms with van der Waals surface area (Å²) in [5.41, 5.74) is 5.80. The van der Waals surface area contributed by atoms with E-state index in [1.807, 2.05) is 0 Å². The largest absolute Gasteiger partial charge is 0.380 e. The maximum Gasteiger partial charge on any atom is 0.0622 e. The summed E-state index contributed by atoms with van der Waals surface area (Å²) >= 11 is 0. The molecule has 5 heteroatoms. The van der Waals surface area contributed by atoms with Gasteiger partial charge >= 0.3 is 0 Å². The minimum atomic E-state index is 0.488. The molecule has 19 heavy (non-hydrogen) atoms. The van der Waals surface area contributed by atoms with Gasteiger partial charge in [0.05, 0.1) is 18.0 Å². The first kappa shape index (κ1) is 12.6. The highest BCUT2D eigenvalue weighted by molar-refractivity contribution is 5.60. The SMILES string of the molecule is C=C(NO)c1cnc2c(c1)CCN([C@H]1CCOC1)C2. The lowest BCUT2D eigenvalue weighted by Gasteiger charge is -2.32. The van der Waals surface area contributed by atoms with E-state index in [1.54, 1.807) is 6.20 Å². The maximum absolute atomic E-state index is 8.88. The van der Waals surface area contributed by atoms with Gasteiger partial charge in [0.25, 0.3) is 0 Å². The molecule has 2 N–H and O–H groups in total. The molecule has 1 atom stereocenters. The molecule has 0 radical (unpaired) electrons. The summed E-state index contributed by atoms with van der Waals surface area (Å²) in [6.45, 7) is 7.40. The van der Waals surface area contributed by atoms with Gasteiger partial charge in [-0.3, -0.25) is 20.6 Å². The molecule has 0 saturated carbocycles. The Morgan fingerprint density at radius 2 is 2.47 bits per heavy atom. The van der Waals surface area contributed by atoms with Gasteiger partial charge in [0.2, 0.25) is 0 Å². The average molecular weight is 261 g/mol. The summed E-state index contributed by atoms with van der Waals surface area (Å²) in [7, 11) is 0. The Bertz CT molecular complexity index is 484. The zero-order valence-electron chi connectivity index (χ0n) is 10.9. The molecule has 0 bridgehead atoms. The van der Waals surface area contributed by atoms with E-state index in [0.29, 0.717) is 11.7 Å². The van der Waals surface area contributed by atoms with Gasteiger partial charge in [0.15, 0.2) is 0 Å². The molecule has 0 spiro atoms. The first-order valence-corrected chi connectivity index (χ1v) is 6.67. The van der Waals surface area contributed by atoms with Crippen molar-refractivity contribution in [3.63, 3.8) is 0 Å². The molecule has 3 rings (SSSR count). The fourth-order valence-corrected chi connectivity index (χ4v) is 2.78. The van der Waals surface area contributed by atoms with E-state index in [0.717, 1.165) is 50.4 Å². The molecule has 1 aromatic rings. The van der Waals surface area contributed by atoms with Gasteiger partial charge in [0, 0.05) is 37.5 Å². The first-order valence-electron chi connectivity index (χ1n) is 6.67. The quantitative estimate of drug-likeness (QED) is 0.800. The number of aromatic nitrogens is 1.